The van der Waals surface area contributed by atoms with E-state index >= 15 is 0 Å². The van der Waals surface area contributed by atoms with Crippen molar-refractivity contribution in [2.24, 2.45) is 0 Å². The summed E-state index contributed by atoms with van der Waals surface area (Å²) in [5, 5.41) is 0. The van der Waals surface area contributed by atoms with Crippen LogP contribution >= 0.6 is 0 Å². The van der Waals surface area contributed by atoms with E-state index in [9.17, 15) is 0 Å². The lowest BCUT2D eigenvalue weighted by Gasteiger charge is -2.04. The standard InChI is InChI=1S/C11H13N/c1-2-10(8-3-4-8)11(12-7-1)9-5-6-9/h1-2,7-9H,3-6H2. The second kappa shape index (κ2) is 2.32. The molecule has 2 aliphatic rings. The molecule has 0 unspecified atom stereocenters. The molecule has 0 N–H and O–H groups in total. The molecule has 1 nitrogen and oxygen atoms in total. The molecule has 1 heteroatoms. The number of pyridine rings is 1. The normalized spacial score (nSPS) is 22.7. The molecule has 1 aromatic rings. The third-order valence-electron chi connectivity index (χ3n) is 2.85. The molecule has 12 heavy (non-hydrogen) atoms. The monoisotopic (exact) mass is 159 g/mol. The molecule has 0 bridgehead atoms. The summed E-state index contributed by atoms with van der Waals surface area (Å²) in [6.07, 6.45) is 7.48. The lowest BCUT2D eigenvalue weighted by atomic mass is 10.1. The van der Waals surface area contributed by atoms with Crippen LogP contribution in [-0.2, 0) is 0 Å². The van der Waals surface area contributed by atoms with Crippen LogP contribution in [0.2, 0.25) is 0 Å². The largest absolute Gasteiger partial charge is 0.261 e. The van der Waals surface area contributed by atoms with Crippen LogP contribution in [0.3, 0.4) is 0 Å². The average Bonchev–Trinajstić information content (AvgIpc) is 2.99. The zero-order chi connectivity index (χ0) is 7.97. The molecule has 0 atom stereocenters. The Bertz CT molecular complexity index is 267. The van der Waals surface area contributed by atoms with E-state index in [1.54, 1.807) is 5.56 Å². The number of nitrogens with zero attached hydrogens (tertiary/aromatic N) is 1. The van der Waals surface area contributed by atoms with Crippen molar-refractivity contribution >= 4 is 0 Å². The first-order chi connectivity index (χ1) is 5.95. The summed E-state index contributed by atoms with van der Waals surface area (Å²) in [7, 11) is 0. The van der Waals surface area contributed by atoms with Crippen molar-refractivity contribution in [3.63, 3.8) is 0 Å². The maximum Gasteiger partial charge on any atom is 0.0469 e. The Kier molecular flexibility index (Phi) is 1.28. The number of hydrogen-bond acceptors (Lipinski definition) is 1. The SMILES string of the molecule is c1cnc(C2CC2)c(C2CC2)c1. The first-order valence-electron chi connectivity index (χ1n) is 4.90. The van der Waals surface area contributed by atoms with Crippen LogP contribution in [-0.4, -0.2) is 4.98 Å². The van der Waals surface area contributed by atoms with Crippen LogP contribution in [0.4, 0.5) is 0 Å². The van der Waals surface area contributed by atoms with Crippen molar-refractivity contribution in [1.29, 1.82) is 0 Å². The summed E-state index contributed by atoms with van der Waals surface area (Å²) >= 11 is 0. The van der Waals surface area contributed by atoms with Gasteiger partial charge in [-0.2, -0.15) is 0 Å². The summed E-state index contributed by atoms with van der Waals surface area (Å²) in [5.41, 5.74) is 2.97. The zero-order valence-electron chi connectivity index (χ0n) is 7.16. The molecular weight excluding hydrogens is 146 g/mol. The molecule has 2 aliphatic carbocycles. The van der Waals surface area contributed by atoms with Crippen molar-refractivity contribution in [2.45, 2.75) is 37.5 Å². The third-order valence-corrected chi connectivity index (χ3v) is 2.85. The van der Waals surface area contributed by atoms with Gasteiger partial charge in [0.1, 0.15) is 0 Å². The molecule has 1 aromatic heterocycles. The Morgan fingerprint density at radius 2 is 1.83 bits per heavy atom. The molecule has 0 spiro atoms. The van der Waals surface area contributed by atoms with E-state index in [-0.39, 0.29) is 0 Å². The van der Waals surface area contributed by atoms with Gasteiger partial charge in [-0.15, -0.1) is 0 Å². The minimum absolute atomic E-state index is 0.821. The Labute approximate surface area is 72.8 Å². The molecule has 0 aromatic carbocycles. The summed E-state index contributed by atoms with van der Waals surface area (Å²) in [6.45, 7) is 0. The van der Waals surface area contributed by atoms with E-state index in [0.29, 0.717) is 0 Å². The Balaban J connectivity index is 2.02. The van der Waals surface area contributed by atoms with Crippen molar-refractivity contribution in [2.75, 3.05) is 0 Å². The lowest BCUT2D eigenvalue weighted by molar-refractivity contribution is 0.947. The Morgan fingerprint density at radius 3 is 2.50 bits per heavy atom. The maximum absolute atomic E-state index is 4.50. The van der Waals surface area contributed by atoms with Crippen LogP contribution in [0, 0.1) is 0 Å². The first-order valence-corrected chi connectivity index (χ1v) is 4.90. The predicted molar refractivity (Wildman–Crippen MR) is 48.2 cm³/mol. The molecule has 0 saturated heterocycles. The predicted octanol–water partition coefficient (Wildman–Crippen LogP) is 2.84. The van der Waals surface area contributed by atoms with Gasteiger partial charge in [-0.3, -0.25) is 4.98 Å². The molecule has 0 radical (unpaired) electrons. The fourth-order valence-corrected chi connectivity index (χ4v) is 1.87. The molecule has 0 amide bonds. The van der Waals surface area contributed by atoms with Crippen LogP contribution in [0.1, 0.15) is 48.8 Å². The van der Waals surface area contributed by atoms with Crippen molar-refractivity contribution in [3.8, 4) is 0 Å². The van der Waals surface area contributed by atoms with Crippen molar-refractivity contribution < 1.29 is 0 Å². The molecule has 62 valence electrons. The summed E-state index contributed by atoms with van der Waals surface area (Å²) in [5.74, 6) is 1.69. The van der Waals surface area contributed by atoms with Gasteiger partial charge in [0.05, 0.1) is 0 Å². The van der Waals surface area contributed by atoms with Gasteiger partial charge in [0.2, 0.25) is 0 Å². The highest BCUT2D eigenvalue weighted by Gasteiger charge is 2.33. The summed E-state index contributed by atoms with van der Waals surface area (Å²) < 4.78 is 0. The van der Waals surface area contributed by atoms with Crippen LogP contribution < -0.4 is 0 Å². The van der Waals surface area contributed by atoms with Gasteiger partial charge in [0.15, 0.2) is 0 Å². The minimum Gasteiger partial charge on any atom is -0.261 e. The highest BCUT2D eigenvalue weighted by atomic mass is 14.7. The number of aromatic nitrogens is 1. The Hall–Kier alpha value is -0.850. The van der Waals surface area contributed by atoms with Gasteiger partial charge in [-0.05, 0) is 43.2 Å². The van der Waals surface area contributed by atoms with Crippen molar-refractivity contribution in [3.05, 3.63) is 29.6 Å². The maximum atomic E-state index is 4.50. The van der Waals surface area contributed by atoms with Gasteiger partial charge in [-0.1, -0.05) is 6.07 Å². The second-order valence-corrected chi connectivity index (χ2v) is 4.03. The summed E-state index contributed by atoms with van der Waals surface area (Å²) in [6, 6.07) is 4.36. The molecule has 2 saturated carbocycles. The fraction of sp³-hybridized carbons (Fsp3) is 0.545. The van der Waals surface area contributed by atoms with Crippen LogP contribution in [0.25, 0.3) is 0 Å². The zero-order valence-corrected chi connectivity index (χ0v) is 7.16. The van der Waals surface area contributed by atoms with Gasteiger partial charge in [-0.25, -0.2) is 0 Å². The van der Waals surface area contributed by atoms with Crippen LogP contribution in [0.15, 0.2) is 18.3 Å². The molecular formula is C11H13N. The molecule has 0 aliphatic heterocycles. The highest BCUT2D eigenvalue weighted by Crippen LogP contribution is 2.47. The second-order valence-electron chi connectivity index (χ2n) is 4.03. The minimum atomic E-state index is 0.821. The summed E-state index contributed by atoms with van der Waals surface area (Å²) in [4.78, 5) is 4.50. The number of rotatable bonds is 2. The van der Waals surface area contributed by atoms with E-state index in [4.69, 9.17) is 0 Å². The topological polar surface area (TPSA) is 12.9 Å². The quantitative estimate of drug-likeness (QED) is 0.646. The van der Waals surface area contributed by atoms with E-state index in [0.717, 1.165) is 11.8 Å². The number of hydrogen-bond donors (Lipinski definition) is 0. The van der Waals surface area contributed by atoms with Crippen molar-refractivity contribution in [1.82, 2.24) is 4.98 Å². The van der Waals surface area contributed by atoms with Gasteiger partial charge >= 0.3 is 0 Å². The van der Waals surface area contributed by atoms with Gasteiger partial charge in [0.25, 0.3) is 0 Å². The fourth-order valence-electron chi connectivity index (χ4n) is 1.87. The average molecular weight is 159 g/mol. The van der Waals surface area contributed by atoms with E-state index < -0.39 is 0 Å². The van der Waals surface area contributed by atoms with Crippen LogP contribution in [0.5, 0.6) is 0 Å². The molecule has 1 heterocycles. The van der Waals surface area contributed by atoms with E-state index in [1.807, 2.05) is 6.20 Å². The Morgan fingerprint density at radius 1 is 1.08 bits per heavy atom. The smallest absolute Gasteiger partial charge is 0.0469 e. The molecule has 3 rings (SSSR count). The van der Waals surface area contributed by atoms with Gasteiger partial charge < -0.3 is 0 Å². The van der Waals surface area contributed by atoms with Gasteiger partial charge in [0, 0.05) is 17.8 Å². The highest BCUT2D eigenvalue weighted by molar-refractivity contribution is 5.32. The molecule has 2 fully saturated rings. The van der Waals surface area contributed by atoms with E-state index in [1.165, 1.54) is 31.4 Å². The third kappa shape index (κ3) is 1.04. The lowest BCUT2D eigenvalue weighted by Crippen LogP contribution is -1.92. The first kappa shape index (κ1) is 6.64. The van der Waals surface area contributed by atoms with E-state index in [2.05, 4.69) is 17.1 Å².